The van der Waals surface area contributed by atoms with Crippen LogP contribution < -0.4 is 15.9 Å². The van der Waals surface area contributed by atoms with Crippen molar-refractivity contribution in [1.29, 1.82) is 0 Å². The van der Waals surface area contributed by atoms with Crippen molar-refractivity contribution in [1.82, 2.24) is 0 Å². The minimum atomic E-state index is -1.56. The Morgan fingerprint density at radius 1 is 0.548 bits per heavy atom. The minimum Gasteiger partial charge on any atom is -0.196 e. The van der Waals surface area contributed by atoms with E-state index in [1.165, 1.54) is 49.5 Å². The predicted octanol–water partition coefficient (Wildman–Crippen LogP) is 9.40. The maximum atomic E-state index is 2.44. The van der Waals surface area contributed by atoms with E-state index in [4.69, 9.17) is 0 Å². The van der Waals surface area contributed by atoms with Crippen molar-refractivity contribution in [2.45, 2.75) is 47.7 Å². The third-order valence-electron chi connectivity index (χ3n) is 6.96. The molecule has 226 valence electrons. The Bertz CT molecular complexity index is 1060. The standard InChI is InChI=1S/C21H23PSi.C10H15.2C3H9P.Ru/c1-23(2)18-22(19-12-6-3-7-13-19,20-14-8-4-9-15-20)21-16-10-5-11-17-21;1-6-7(2)9(4)10(5)8(6)3;2*1-4(2)3;/h3-17H,18H2,1-2H3;1-5H3;2*1-3H3;/q+1;-1;;;+5/p+2. The van der Waals surface area contributed by atoms with Gasteiger partial charge >= 0.3 is 19.5 Å². The molecule has 42 heavy (non-hydrogen) atoms. The van der Waals surface area contributed by atoms with Gasteiger partial charge in [-0.05, 0) is 52.2 Å². The molecule has 0 aliphatic rings. The SMILES string of the molecule is C[PH+](C)C.C[PH+](C)C.C[Si](C)C[P+](c1ccccc1)(c1ccccc1)c1ccccc1.Cc1c(C)c(C)[c-](C)c1C.[Ru+5]. The quantitative estimate of drug-likeness (QED) is 0.109. The van der Waals surface area contributed by atoms with Crippen LogP contribution in [0, 0.1) is 34.6 Å². The zero-order valence-corrected chi connectivity index (χ0v) is 34.3. The van der Waals surface area contributed by atoms with E-state index in [1.807, 2.05) is 0 Å². The van der Waals surface area contributed by atoms with Gasteiger partial charge in [-0.1, -0.05) is 102 Å². The topological polar surface area (TPSA) is 0 Å². The van der Waals surface area contributed by atoms with E-state index in [1.54, 1.807) is 0 Å². The molecule has 0 aliphatic carbocycles. The van der Waals surface area contributed by atoms with Crippen LogP contribution in [0.1, 0.15) is 27.8 Å². The van der Waals surface area contributed by atoms with Gasteiger partial charge in [0, 0.05) is 40.0 Å². The van der Waals surface area contributed by atoms with E-state index in [2.05, 4.69) is 179 Å². The third kappa shape index (κ3) is 13.0. The Morgan fingerprint density at radius 2 is 0.786 bits per heavy atom. The fraction of sp³-hybridized carbons (Fsp3) is 0.378. The van der Waals surface area contributed by atoms with Gasteiger partial charge in [0.2, 0.25) is 0 Å². The molecule has 0 N–H and O–H groups in total. The summed E-state index contributed by atoms with van der Waals surface area (Å²) < 4.78 is 0. The van der Waals surface area contributed by atoms with Gasteiger partial charge in [0.05, 0.1) is 14.6 Å². The van der Waals surface area contributed by atoms with E-state index in [9.17, 15) is 0 Å². The van der Waals surface area contributed by atoms with Crippen molar-refractivity contribution < 1.29 is 19.5 Å². The first kappa shape index (κ1) is 41.1. The summed E-state index contributed by atoms with van der Waals surface area (Å²) in [6.07, 6.45) is 0. The first-order valence-corrected chi connectivity index (χ1v) is 25.5. The number of rotatable bonds is 5. The summed E-state index contributed by atoms with van der Waals surface area (Å²) in [5, 5.41) is 4.51. The monoisotopic (exact) mass is 725 g/mol. The van der Waals surface area contributed by atoms with E-state index in [-0.39, 0.29) is 44.1 Å². The van der Waals surface area contributed by atoms with Gasteiger partial charge in [0.1, 0.15) is 23.2 Å². The molecule has 0 aliphatic heterocycles. The van der Waals surface area contributed by atoms with Gasteiger partial charge < -0.3 is 0 Å². The zero-order valence-electron chi connectivity index (χ0n) is 28.7. The summed E-state index contributed by atoms with van der Waals surface area (Å²) >= 11 is 0. The van der Waals surface area contributed by atoms with Crippen molar-refractivity contribution in [2.24, 2.45) is 0 Å². The Balaban J connectivity index is 0.000000732. The molecular formula is C37H58P3RuSi+7. The molecule has 0 bridgehead atoms. The van der Waals surface area contributed by atoms with Crippen molar-refractivity contribution in [3.63, 3.8) is 0 Å². The van der Waals surface area contributed by atoms with Crippen LogP contribution in [0.5, 0.6) is 0 Å². The summed E-state index contributed by atoms with van der Waals surface area (Å²) in [5.74, 6) is 1.30. The molecule has 0 spiro atoms. The van der Waals surface area contributed by atoms with Crippen LogP contribution in [0.3, 0.4) is 0 Å². The molecule has 2 radical (unpaired) electrons. The van der Waals surface area contributed by atoms with Crippen molar-refractivity contribution >= 4 is 47.8 Å². The number of benzene rings is 3. The molecule has 0 fully saturated rings. The molecule has 5 heteroatoms. The summed E-state index contributed by atoms with van der Waals surface area (Å²) in [5.41, 5.74) is 7.34. The molecule has 0 atom stereocenters. The van der Waals surface area contributed by atoms with E-state index < -0.39 is 7.26 Å². The van der Waals surface area contributed by atoms with Gasteiger partial charge in [-0.25, -0.2) is 0 Å². The van der Waals surface area contributed by atoms with Crippen molar-refractivity contribution in [2.75, 3.05) is 45.8 Å². The fourth-order valence-corrected chi connectivity index (χ4v) is 13.6. The Kier molecular flexibility index (Phi) is 20.5. The predicted molar refractivity (Wildman–Crippen MR) is 205 cm³/mol. The maximum absolute atomic E-state index is 2.44. The molecule has 0 unspecified atom stereocenters. The van der Waals surface area contributed by atoms with Crippen LogP contribution in [0.15, 0.2) is 91.0 Å². The molecule has 4 aromatic rings. The number of hydrogen-bond acceptors (Lipinski definition) is 0. The molecule has 0 aromatic heterocycles. The van der Waals surface area contributed by atoms with Gasteiger partial charge in [0.25, 0.3) is 0 Å². The van der Waals surface area contributed by atoms with Crippen LogP contribution in [0.4, 0.5) is 0 Å². The van der Waals surface area contributed by atoms with Gasteiger partial charge in [-0.15, -0.1) is 0 Å². The van der Waals surface area contributed by atoms with Crippen LogP contribution in [0.2, 0.25) is 13.1 Å². The normalized spacial score (nSPS) is 10.6. The maximum Gasteiger partial charge on any atom is 5.00 e. The largest absolute Gasteiger partial charge is 5.00 e. The van der Waals surface area contributed by atoms with Gasteiger partial charge in [-0.2, -0.15) is 27.8 Å². The molecule has 0 saturated heterocycles. The smallest absolute Gasteiger partial charge is 0.196 e. The van der Waals surface area contributed by atoms with E-state index in [0.29, 0.717) is 0 Å². The molecule has 4 rings (SSSR count). The molecule has 4 aromatic carbocycles. The van der Waals surface area contributed by atoms with Gasteiger partial charge in [-0.3, -0.25) is 0 Å². The summed E-state index contributed by atoms with van der Waals surface area (Å²) in [6.45, 7) is 29.5. The molecule has 0 nitrogen and oxygen atoms in total. The average Bonchev–Trinajstić information content (AvgIpc) is 3.10. The van der Waals surface area contributed by atoms with Gasteiger partial charge in [0.15, 0.2) is 0 Å². The second-order valence-electron chi connectivity index (χ2n) is 12.3. The second-order valence-corrected chi connectivity index (χ2v) is 25.2. The summed E-state index contributed by atoms with van der Waals surface area (Å²) in [6, 6.07) is 33.5. The first-order valence-electron chi connectivity index (χ1n) is 14.8. The minimum absolute atomic E-state index is 0. The summed E-state index contributed by atoms with van der Waals surface area (Å²) in [7, 11) is -1.71. The fourth-order valence-electron chi connectivity index (χ4n) is 4.65. The first-order chi connectivity index (χ1) is 19.2. The molecular weight excluding hydrogens is 666 g/mol. The second kappa shape index (κ2) is 21.0. The Labute approximate surface area is 278 Å². The summed E-state index contributed by atoms with van der Waals surface area (Å²) in [4.78, 5) is 0. The Hall–Kier alpha value is -0.860. The van der Waals surface area contributed by atoms with Crippen LogP contribution in [-0.2, 0) is 19.5 Å². The average molecular weight is 725 g/mol. The van der Waals surface area contributed by atoms with Crippen LogP contribution >= 0.6 is 23.1 Å². The molecule has 0 saturated carbocycles. The van der Waals surface area contributed by atoms with Crippen LogP contribution in [0.25, 0.3) is 0 Å². The molecule has 0 amide bonds. The van der Waals surface area contributed by atoms with Crippen molar-refractivity contribution in [3.8, 4) is 0 Å². The van der Waals surface area contributed by atoms with Crippen LogP contribution in [-0.4, -0.2) is 54.6 Å². The van der Waals surface area contributed by atoms with E-state index in [0.717, 1.165) is 0 Å². The zero-order chi connectivity index (χ0) is 31.2. The van der Waals surface area contributed by atoms with Crippen molar-refractivity contribution in [3.05, 3.63) is 119 Å². The van der Waals surface area contributed by atoms with E-state index >= 15 is 0 Å². The Morgan fingerprint density at radius 3 is 0.952 bits per heavy atom. The third-order valence-corrected chi connectivity index (χ3v) is 14.9. The molecule has 0 heterocycles. The number of hydrogen-bond donors (Lipinski definition) is 0.